The van der Waals surface area contributed by atoms with Gasteiger partial charge in [0.1, 0.15) is 34.7 Å². The molecule has 9 aromatic heterocycles. The number of carbonyl (C=O) groups excluding carboxylic acids is 4. The van der Waals surface area contributed by atoms with Crippen LogP contribution in [0.5, 0.6) is 0 Å². The quantitative estimate of drug-likeness (QED) is 0.0551. The maximum absolute atomic E-state index is 14.7. The second-order valence-corrected chi connectivity index (χ2v) is 45.0. The Morgan fingerprint density at radius 2 is 0.977 bits per heavy atom. The highest BCUT2D eigenvalue weighted by molar-refractivity contribution is 7.90. The van der Waals surface area contributed by atoms with E-state index < -0.39 is 75.3 Å². The molecule has 0 saturated carbocycles. The Kier molecular flexibility index (Phi) is 28.6. The van der Waals surface area contributed by atoms with Gasteiger partial charge in [-0.05, 0) is 247 Å². The lowest BCUT2D eigenvalue weighted by atomic mass is 9.90. The molecule has 14 heterocycles. The van der Waals surface area contributed by atoms with Crippen molar-refractivity contribution in [3.05, 3.63) is 221 Å². The molecular formula is C95H123FN18O11S3. The van der Waals surface area contributed by atoms with Crippen LogP contribution in [0.1, 0.15) is 248 Å². The zero-order valence-corrected chi connectivity index (χ0v) is 79.1. The van der Waals surface area contributed by atoms with Crippen LogP contribution in [0.15, 0.2) is 179 Å². The summed E-state index contributed by atoms with van der Waals surface area (Å²) < 4.78 is 107. The van der Waals surface area contributed by atoms with E-state index in [4.69, 9.17) is 14.7 Å². The molecule has 3 fully saturated rings. The molecule has 6 atom stereocenters. The maximum atomic E-state index is 14.7. The lowest BCUT2D eigenvalue weighted by Gasteiger charge is -2.34. The first-order chi connectivity index (χ1) is 59.9. The summed E-state index contributed by atoms with van der Waals surface area (Å²) in [5.41, 5.74) is 2.42. The number of anilines is 5. The molecule has 8 bridgehead atoms. The third kappa shape index (κ3) is 24.6. The van der Waals surface area contributed by atoms with Crippen molar-refractivity contribution < 1.29 is 53.6 Å². The van der Waals surface area contributed by atoms with Gasteiger partial charge in [0, 0.05) is 143 Å². The minimum absolute atomic E-state index is 0.00450. The van der Waals surface area contributed by atoms with E-state index in [2.05, 4.69) is 139 Å². The Balaban J connectivity index is 0.000000175. The van der Waals surface area contributed by atoms with Crippen LogP contribution >= 0.6 is 0 Å². The summed E-state index contributed by atoms with van der Waals surface area (Å²) in [5.74, 6) is -0.467. The fourth-order valence-electron chi connectivity index (χ4n) is 17.2. The summed E-state index contributed by atoms with van der Waals surface area (Å²) in [6.45, 7) is 38.3. The number of aromatic nitrogens is 9. The van der Waals surface area contributed by atoms with Crippen LogP contribution in [0.25, 0.3) is 0 Å². The molecule has 5 aliphatic heterocycles. The standard InChI is InChI=1S/C35H47FN6O5S.2C30H38N6O3S/c1-33(2,3)27-18-17-26(30(36)39-27)31(43)41-48(45,46)29-14-11-13-28(40-29)38-25(20-24-12-9-10-19-37-24)16-15-23-21-35(7,8)42(22-23)32(44)47-34(4,5)6;2*1-29(2,3)24-15-14-23-27(33-24)36-19-20(18-30(36,4)5)12-13-22(17-21-9-6-7-16-31-21)32-25-10-8-11-26(34-25)40(38,39)35-28(23)37/h9-14,17-19,23,25H,15-16,20-22H2,1-8H3,(H,38,40)(H,41,43);2*6-11,14-16,20,22H,12-13,17-19H2,1-5H3,(H,32,34)(H,35,37)/t23-,25?;2*20-,22?/m000/s1. The molecule has 0 radical (unpaired) electrons. The number of likely N-dealkylation sites (tertiary alicyclic amines) is 1. The molecular weight excluding hydrogens is 1680 g/mol. The van der Waals surface area contributed by atoms with Crippen LogP contribution in [-0.2, 0) is 70.3 Å². The smallest absolute Gasteiger partial charge is 0.410 e. The van der Waals surface area contributed by atoms with E-state index in [1.807, 2.05) is 127 Å². The topological polar surface area (TPSA) is 378 Å². The zero-order chi connectivity index (χ0) is 92.9. The van der Waals surface area contributed by atoms with Gasteiger partial charge in [-0.15, -0.1) is 0 Å². The molecule has 0 aliphatic carbocycles. The Morgan fingerprint density at radius 1 is 0.523 bits per heavy atom. The monoisotopic (exact) mass is 1810 g/mol. The minimum Gasteiger partial charge on any atom is -0.444 e. The van der Waals surface area contributed by atoms with E-state index in [0.717, 1.165) is 92.9 Å². The van der Waals surface area contributed by atoms with Crippen LogP contribution in [-0.4, -0.2) is 159 Å². The first kappa shape index (κ1) is 95.9. The summed E-state index contributed by atoms with van der Waals surface area (Å²) >= 11 is 0. The average Bonchev–Trinajstić information content (AvgIpc) is 1.53. The average molecular weight is 1810 g/mol. The second-order valence-electron chi connectivity index (χ2n) is 40.1. The number of nitrogens with one attached hydrogen (secondary N) is 6. The van der Waals surface area contributed by atoms with Crippen LogP contribution < -0.4 is 39.9 Å². The number of pyridine rings is 9. The second kappa shape index (κ2) is 38.2. The van der Waals surface area contributed by atoms with Gasteiger partial charge in [0.2, 0.25) is 5.95 Å². The Labute approximate surface area is 753 Å². The highest BCUT2D eigenvalue weighted by Gasteiger charge is 2.46. The van der Waals surface area contributed by atoms with Gasteiger partial charge in [-0.25, -0.2) is 48.9 Å². The highest BCUT2D eigenvalue weighted by Crippen LogP contribution is 2.44. The van der Waals surface area contributed by atoms with Crippen molar-refractivity contribution in [2.45, 2.75) is 273 Å². The number of halogens is 1. The summed E-state index contributed by atoms with van der Waals surface area (Å²) in [6, 6.07) is 40.9. The molecule has 14 rings (SSSR count). The van der Waals surface area contributed by atoms with Crippen molar-refractivity contribution in [3.63, 3.8) is 0 Å². The molecule has 684 valence electrons. The fourth-order valence-corrected chi connectivity index (χ4v) is 20.0. The Bertz CT molecular complexity index is 5620. The molecule has 5 aliphatic rings. The lowest BCUT2D eigenvalue weighted by Crippen LogP contribution is -2.45. The van der Waals surface area contributed by atoms with Crippen LogP contribution in [0.2, 0.25) is 0 Å². The van der Waals surface area contributed by atoms with E-state index in [-0.39, 0.29) is 84.6 Å². The zero-order valence-electron chi connectivity index (χ0n) is 76.6. The number of sulfonamides is 3. The molecule has 33 heteroatoms. The van der Waals surface area contributed by atoms with Gasteiger partial charge in [0.15, 0.2) is 15.1 Å². The third-order valence-electron chi connectivity index (χ3n) is 23.7. The third-order valence-corrected chi connectivity index (χ3v) is 27.4. The van der Waals surface area contributed by atoms with Crippen molar-refractivity contribution >= 4 is 83.0 Å². The molecule has 9 aromatic rings. The Morgan fingerprint density at radius 3 is 1.42 bits per heavy atom. The van der Waals surface area contributed by atoms with Crippen molar-refractivity contribution in [2.75, 3.05) is 45.4 Å². The van der Waals surface area contributed by atoms with Crippen LogP contribution in [0, 0.1) is 23.7 Å². The van der Waals surface area contributed by atoms with Gasteiger partial charge < -0.3 is 35.4 Å². The van der Waals surface area contributed by atoms with Gasteiger partial charge in [-0.2, -0.15) is 29.6 Å². The first-order valence-electron chi connectivity index (χ1n) is 43.7. The van der Waals surface area contributed by atoms with Crippen LogP contribution in [0.3, 0.4) is 0 Å². The molecule has 6 N–H and O–H groups in total. The molecule has 0 aromatic carbocycles. The van der Waals surface area contributed by atoms with Gasteiger partial charge >= 0.3 is 6.09 Å². The van der Waals surface area contributed by atoms with Crippen molar-refractivity contribution in [1.82, 2.24) is 63.9 Å². The van der Waals surface area contributed by atoms with Gasteiger partial charge in [-0.1, -0.05) is 98.7 Å². The largest absolute Gasteiger partial charge is 0.444 e. The van der Waals surface area contributed by atoms with E-state index in [1.165, 1.54) is 36.4 Å². The summed E-state index contributed by atoms with van der Waals surface area (Å²) in [7, 11) is -12.9. The van der Waals surface area contributed by atoms with Crippen molar-refractivity contribution in [1.29, 1.82) is 0 Å². The molecule has 0 spiro atoms. The van der Waals surface area contributed by atoms with Gasteiger partial charge in [0.25, 0.3) is 47.8 Å². The molecule has 29 nitrogen and oxygen atoms in total. The molecule has 128 heavy (non-hydrogen) atoms. The van der Waals surface area contributed by atoms with E-state index >= 15 is 0 Å². The Hall–Kier alpha value is -11.2. The number of amides is 4. The van der Waals surface area contributed by atoms with Crippen molar-refractivity contribution in [2.24, 2.45) is 17.8 Å². The number of fused-ring (bicyclic) bond motifs is 12. The summed E-state index contributed by atoms with van der Waals surface area (Å²) in [6.07, 6.45) is 14.6. The lowest BCUT2D eigenvalue weighted by molar-refractivity contribution is 0.0130. The highest BCUT2D eigenvalue weighted by atomic mass is 32.2. The van der Waals surface area contributed by atoms with Gasteiger partial charge in [0.05, 0.1) is 16.7 Å². The number of nitrogens with zero attached hydrogens (tertiary/aromatic N) is 12. The summed E-state index contributed by atoms with van der Waals surface area (Å²) in [5, 5.41) is 9.42. The van der Waals surface area contributed by atoms with Crippen LogP contribution in [0.4, 0.5) is 38.3 Å². The van der Waals surface area contributed by atoms with Gasteiger partial charge in [-0.3, -0.25) is 29.3 Å². The molecule has 4 amide bonds. The number of carbonyl (C=O) groups is 4. The predicted octanol–water partition coefficient (Wildman–Crippen LogP) is 15.7. The number of ether oxygens (including phenoxy) is 1. The first-order valence-corrected chi connectivity index (χ1v) is 48.2. The molecule has 3 saturated heterocycles. The number of rotatable bonds is 14. The fraction of sp³-hybridized carbons (Fsp3) is 0.484. The number of hydrogen-bond donors (Lipinski definition) is 6. The van der Waals surface area contributed by atoms with E-state index in [9.17, 15) is 48.8 Å². The summed E-state index contributed by atoms with van der Waals surface area (Å²) in [4.78, 5) is 99.4. The normalized spacial score (nSPS) is 20.4. The van der Waals surface area contributed by atoms with E-state index in [1.54, 1.807) is 66.0 Å². The van der Waals surface area contributed by atoms with E-state index in [0.29, 0.717) is 73.0 Å². The number of hydrogen-bond acceptors (Lipinski definition) is 25. The molecule has 3 unspecified atom stereocenters. The van der Waals surface area contributed by atoms with Crippen molar-refractivity contribution in [3.8, 4) is 0 Å². The minimum atomic E-state index is -4.45. The predicted molar refractivity (Wildman–Crippen MR) is 493 cm³/mol. The maximum Gasteiger partial charge on any atom is 0.410 e. The SMILES string of the molecule is CC(C)(C)OC(=O)N1C[C@@H](CCC(Cc2ccccn2)Nc2cccc(S(=O)(=O)NC(=O)c3ccc(C(C)(C)C)nc3F)n2)CC1(C)C.CC(C)(C)c1ccc2c(n1)N1C[C@@H](CCC(Cc3ccccn3)Nc3cccc(n3)S(=O)(=O)NC2=O)CC1(C)C.CC(C)(C)c1ccc2c(n1)N1C[C@@H](CCC(Cc3ccccn3)Nc3cccc(n3)S(=O)(=O)NC2=O)CC1(C)C.